The van der Waals surface area contributed by atoms with Gasteiger partial charge in [0.15, 0.2) is 0 Å². The third-order valence-electron chi connectivity index (χ3n) is 2.66. The largest absolute Gasteiger partial charge is 0.469 e. The molecule has 5 heteroatoms. The van der Waals surface area contributed by atoms with E-state index in [4.69, 9.17) is 5.11 Å². The Hall–Kier alpha value is -1.43. The fraction of sp³-hybridized carbons (Fsp3) is 0.462. The van der Waals surface area contributed by atoms with Gasteiger partial charge in [0.25, 0.3) is 0 Å². The van der Waals surface area contributed by atoms with E-state index in [-0.39, 0.29) is 25.4 Å². The maximum absolute atomic E-state index is 11.1. The van der Waals surface area contributed by atoms with E-state index in [9.17, 15) is 15.0 Å². The Labute approximate surface area is 106 Å². The lowest BCUT2D eigenvalue weighted by Gasteiger charge is -2.17. The fourth-order valence-corrected chi connectivity index (χ4v) is 1.64. The van der Waals surface area contributed by atoms with Crippen LogP contribution in [0.1, 0.15) is 23.7 Å². The van der Waals surface area contributed by atoms with Gasteiger partial charge in [0.1, 0.15) is 6.10 Å². The molecule has 3 N–H and O–H groups in total. The Kier molecular flexibility index (Phi) is 5.77. The quantitative estimate of drug-likeness (QED) is 0.630. The molecule has 0 saturated heterocycles. The second-order valence-electron chi connectivity index (χ2n) is 4.02. The van der Waals surface area contributed by atoms with Crippen molar-refractivity contribution in [2.24, 2.45) is 0 Å². The summed E-state index contributed by atoms with van der Waals surface area (Å²) in [5.74, 6) is -0.363. The summed E-state index contributed by atoms with van der Waals surface area (Å²) in [6.45, 7) is -0.194. The van der Waals surface area contributed by atoms with Gasteiger partial charge in [0.2, 0.25) is 0 Å². The molecule has 0 aliphatic heterocycles. The average Bonchev–Trinajstić information content (AvgIpc) is 2.38. The molecule has 2 unspecified atom stereocenters. The van der Waals surface area contributed by atoms with Gasteiger partial charge in [-0.3, -0.25) is 4.79 Å². The normalized spacial score (nSPS) is 14.0. The molecule has 0 fully saturated rings. The van der Waals surface area contributed by atoms with Crippen molar-refractivity contribution in [3.05, 3.63) is 35.4 Å². The predicted octanol–water partition coefficient (Wildman–Crippen LogP) is 0.179. The van der Waals surface area contributed by atoms with E-state index in [1.165, 1.54) is 7.11 Å². The number of rotatable bonds is 6. The monoisotopic (exact) mass is 254 g/mol. The lowest BCUT2D eigenvalue weighted by Crippen LogP contribution is -2.19. The zero-order valence-electron chi connectivity index (χ0n) is 10.2. The number of aliphatic hydroxyl groups excluding tert-OH is 3. The van der Waals surface area contributed by atoms with Crippen molar-refractivity contribution in [3.8, 4) is 0 Å². The summed E-state index contributed by atoms with van der Waals surface area (Å²) in [6, 6.07) is 6.74. The molecule has 1 rings (SSSR count). The Morgan fingerprint density at radius 1 is 1.39 bits per heavy atom. The third kappa shape index (κ3) is 4.10. The van der Waals surface area contributed by atoms with Crippen LogP contribution in [0.25, 0.3) is 0 Å². The second-order valence-corrected chi connectivity index (χ2v) is 4.02. The average molecular weight is 254 g/mol. The topological polar surface area (TPSA) is 87.0 Å². The van der Waals surface area contributed by atoms with Gasteiger partial charge >= 0.3 is 5.97 Å². The Morgan fingerprint density at radius 3 is 2.72 bits per heavy atom. The van der Waals surface area contributed by atoms with E-state index in [0.29, 0.717) is 11.1 Å². The summed E-state index contributed by atoms with van der Waals surface area (Å²) < 4.78 is 4.56. The van der Waals surface area contributed by atoms with Crippen LogP contribution < -0.4 is 0 Å². The van der Waals surface area contributed by atoms with Gasteiger partial charge in [-0.2, -0.15) is 0 Å². The molecule has 0 radical (unpaired) electrons. The van der Waals surface area contributed by atoms with Crippen LogP contribution in [0.2, 0.25) is 0 Å². The highest BCUT2D eigenvalue weighted by Gasteiger charge is 2.18. The lowest BCUT2D eigenvalue weighted by atomic mass is 9.99. The van der Waals surface area contributed by atoms with Crippen LogP contribution in [0.4, 0.5) is 0 Å². The van der Waals surface area contributed by atoms with Gasteiger partial charge in [-0.1, -0.05) is 24.3 Å². The molecule has 0 aliphatic carbocycles. The first kappa shape index (κ1) is 14.6. The highest BCUT2D eigenvalue weighted by Crippen LogP contribution is 2.20. The molecular weight excluding hydrogens is 236 g/mol. The minimum absolute atomic E-state index is 0.0996. The van der Waals surface area contributed by atoms with E-state index in [0.717, 1.165) is 0 Å². The van der Waals surface area contributed by atoms with Crippen molar-refractivity contribution in [2.45, 2.75) is 25.0 Å². The van der Waals surface area contributed by atoms with Crippen LogP contribution in [0.3, 0.4) is 0 Å². The number of hydrogen-bond acceptors (Lipinski definition) is 5. The van der Waals surface area contributed by atoms with Crippen molar-refractivity contribution in [1.29, 1.82) is 0 Å². The first-order valence-corrected chi connectivity index (χ1v) is 5.71. The number of ether oxygens (including phenoxy) is 1. The molecule has 5 nitrogen and oxygen atoms in total. The van der Waals surface area contributed by atoms with E-state index >= 15 is 0 Å². The van der Waals surface area contributed by atoms with Crippen LogP contribution >= 0.6 is 0 Å². The first-order chi connectivity index (χ1) is 8.58. The van der Waals surface area contributed by atoms with E-state index < -0.39 is 12.2 Å². The Morgan fingerprint density at radius 2 is 2.11 bits per heavy atom. The highest BCUT2D eigenvalue weighted by molar-refractivity contribution is 5.72. The molecule has 0 saturated carbocycles. The number of benzene rings is 1. The SMILES string of the molecule is COC(=O)Cc1cccc(C(O)C(O)CCO)c1. The third-order valence-corrected chi connectivity index (χ3v) is 2.66. The van der Waals surface area contributed by atoms with Gasteiger partial charge in [-0.25, -0.2) is 0 Å². The number of hydrogen-bond donors (Lipinski definition) is 3. The lowest BCUT2D eigenvalue weighted by molar-refractivity contribution is -0.139. The summed E-state index contributed by atoms with van der Waals surface area (Å²) in [5, 5.41) is 28.2. The van der Waals surface area contributed by atoms with E-state index in [2.05, 4.69) is 4.74 Å². The number of methoxy groups -OCH3 is 1. The van der Waals surface area contributed by atoms with Gasteiger partial charge in [0, 0.05) is 6.61 Å². The van der Waals surface area contributed by atoms with Crippen molar-refractivity contribution in [3.63, 3.8) is 0 Å². The minimum atomic E-state index is -1.07. The number of aliphatic hydroxyl groups is 3. The van der Waals surface area contributed by atoms with E-state index in [1.54, 1.807) is 24.3 Å². The first-order valence-electron chi connectivity index (χ1n) is 5.71. The molecule has 18 heavy (non-hydrogen) atoms. The van der Waals surface area contributed by atoms with Gasteiger partial charge in [-0.05, 0) is 17.5 Å². The predicted molar refractivity (Wildman–Crippen MR) is 64.8 cm³/mol. The smallest absolute Gasteiger partial charge is 0.309 e. The standard InChI is InChI=1S/C13H18O5/c1-18-12(16)8-9-3-2-4-10(7-9)13(17)11(15)5-6-14/h2-4,7,11,13-15,17H,5-6,8H2,1H3. The van der Waals surface area contributed by atoms with E-state index in [1.807, 2.05) is 0 Å². The van der Waals surface area contributed by atoms with Crippen LogP contribution in [0, 0.1) is 0 Å². The summed E-state index contributed by atoms with van der Waals surface area (Å²) in [5.41, 5.74) is 1.21. The summed E-state index contributed by atoms with van der Waals surface area (Å²) >= 11 is 0. The molecule has 0 heterocycles. The Bertz CT molecular complexity index is 391. The molecule has 0 bridgehead atoms. The maximum Gasteiger partial charge on any atom is 0.309 e. The molecule has 0 amide bonds. The second kappa shape index (κ2) is 7.10. The van der Waals surface area contributed by atoms with Crippen LogP contribution in [0.5, 0.6) is 0 Å². The molecule has 0 spiro atoms. The van der Waals surface area contributed by atoms with Crippen LogP contribution in [-0.2, 0) is 16.0 Å². The molecule has 1 aromatic rings. The molecule has 2 atom stereocenters. The minimum Gasteiger partial charge on any atom is -0.469 e. The Balaban J connectivity index is 2.77. The maximum atomic E-state index is 11.1. The van der Waals surface area contributed by atoms with Crippen LogP contribution in [0.15, 0.2) is 24.3 Å². The number of carbonyl (C=O) groups is 1. The zero-order chi connectivity index (χ0) is 13.5. The number of carbonyl (C=O) groups excluding carboxylic acids is 1. The summed E-state index contributed by atoms with van der Waals surface area (Å²) in [7, 11) is 1.31. The summed E-state index contributed by atoms with van der Waals surface area (Å²) in [4.78, 5) is 11.1. The molecule has 0 aliphatic rings. The zero-order valence-corrected chi connectivity index (χ0v) is 10.2. The van der Waals surface area contributed by atoms with Crippen molar-refractivity contribution >= 4 is 5.97 Å². The fourth-order valence-electron chi connectivity index (χ4n) is 1.64. The summed E-state index contributed by atoms with van der Waals surface area (Å²) in [6.07, 6.45) is -1.88. The van der Waals surface area contributed by atoms with Gasteiger partial charge in [0.05, 0.1) is 19.6 Å². The van der Waals surface area contributed by atoms with Gasteiger partial charge < -0.3 is 20.1 Å². The van der Waals surface area contributed by atoms with Crippen molar-refractivity contribution in [1.82, 2.24) is 0 Å². The van der Waals surface area contributed by atoms with Crippen molar-refractivity contribution < 1.29 is 24.9 Å². The van der Waals surface area contributed by atoms with Crippen LogP contribution in [-0.4, -0.2) is 41.1 Å². The molecule has 100 valence electrons. The molecular formula is C13H18O5. The molecule has 0 aromatic heterocycles. The van der Waals surface area contributed by atoms with Crippen molar-refractivity contribution in [2.75, 3.05) is 13.7 Å². The highest BCUT2D eigenvalue weighted by atomic mass is 16.5. The number of esters is 1. The van der Waals surface area contributed by atoms with Gasteiger partial charge in [-0.15, -0.1) is 0 Å². The molecule has 1 aromatic carbocycles.